The van der Waals surface area contributed by atoms with Gasteiger partial charge in [0.1, 0.15) is 0 Å². The van der Waals surface area contributed by atoms with Crippen molar-refractivity contribution >= 4 is 5.91 Å². The van der Waals surface area contributed by atoms with Gasteiger partial charge in [-0.3, -0.25) is 9.78 Å². The number of nitrogens with one attached hydrogen (secondary N) is 1. The molecule has 0 aromatic carbocycles. The SMILES string of the molecule is NCCCCNC(=O)c1cc(-c2ccncc2)on1. The van der Waals surface area contributed by atoms with Crippen LogP contribution in [0.2, 0.25) is 0 Å². The third-order valence-corrected chi connectivity index (χ3v) is 2.62. The average molecular weight is 260 g/mol. The quantitative estimate of drug-likeness (QED) is 0.761. The van der Waals surface area contributed by atoms with Crippen molar-refractivity contribution in [2.24, 2.45) is 5.73 Å². The highest BCUT2D eigenvalue weighted by atomic mass is 16.5. The van der Waals surface area contributed by atoms with Gasteiger partial charge in [0.2, 0.25) is 0 Å². The Morgan fingerprint density at radius 3 is 2.84 bits per heavy atom. The molecule has 0 saturated heterocycles. The number of aromatic nitrogens is 2. The summed E-state index contributed by atoms with van der Waals surface area (Å²) in [5, 5.41) is 6.53. The Morgan fingerprint density at radius 2 is 2.11 bits per heavy atom. The molecule has 0 unspecified atom stereocenters. The summed E-state index contributed by atoms with van der Waals surface area (Å²) in [5.74, 6) is 0.315. The fourth-order valence-electron chi connectivity index (χ4n) is 1.60. The van der Waals surface area contributed by atoms with Crippen LogP contribution in [0.4, 0.5) is 0 Å². The zero-order chi connectivity index (χ0) is 13.5. The number of amides is 1. The fourth-order valence-corrected chi connectivity index (χ4v) is 1.60. The number of rotatable bonds is 6. The average Bonchev–Trinajstić information content (AvgIpc) is 2.94. The van der Waals surface area contributed by atoms with Gasteiger partial charge in [-0.25, -0.2) is 0 Å². The van der Waals surface area contributed by atoms with E-state index in [-0.39, 0.29) is 11.6 Å². The monoisotopic (exact) mass is 260 g/mol. The molecule has 0 aliphatic heterocycles. The summed E-state index contributed by atoms with van der Waals surface area (Å²) in [6, 6.07) is 5.21. The van der Waals surface area contributed by atoms with E-state index in [4.69, 9.17) is 10.3 Å². The molecule has 2 aromatic heterocycles. The molecule has 2 rings (SSSR count). The first kappa shape index (κ1) is 13.2. The number of nitrogens with two attached hydrogens (primary N) is 1. The predicted molar refractivity (Wildman–Crippen MR) is 70.4 cm³/mol. The van der Waals surface area contributed by atoms with Crippen LogP contribution in [-0.2, 0) is 0 Å². The molecule has 0 saturated carbocycles. The molecule has 2 aromatic rings. The molecular weight excluding hydrogens is 244 g/mol. The zero-order valence-electron chi connectivity index (χ0n) is 10.5. The van der Waals surface area contributed by atoms with Gasteiger partial charge in [-0.15, -0.1) is 0 Å². The first-order valence-electron chi connectivity index (χ1n) is 6.16. The van der Waals surface area contributed by atoms with E-state index in [1.54, 1.807) is 30.6 Å². The number of carbonyl (C=O) groups is 1. The van der Waals surface area contributed by atoms with Crippen LogP contribution in [0.1, 0.15) is 23.3 Å². The fraction of sp³-hybridized carbons (Fsp3) is 0.308. The van der Waals surface area contributed by atoms with Gasteiger partial charge in [0.05, 0.1) is 0 Å². The maximum Gasteiger partial charge on any atom is 0.273 e. The van der Waals surface area contributed by atoms with Crippen molar-refractivity contribution in [1.82, 2.24) is 15.5 Å². The second kappa shape index (κ2) is 6.65. The maximum atomic E-state index is 11.8. The largest absolute Gasteiger partial charge is 0.355 e. The summed E-state index contributed by atoms with van der Waals surface area (Å²) in [6.45, 7) is 1.22. The number of carbonyl (C=O) groups excluding carboxylic acids is 1. The van der Waals surface area contributed by atoms with Crippen molar-refractivity contribution in [1.29, 1.82) is 0 Å². The number of pyridine rings is 1. The Labute approximate surface area is 111 Å². The number of hydrogen-bond acceptors (Lipinski definition) is 5. The highest BCUT2D eigenvalue weighted by Crippen LogP contribution is 2.18. The molecule has 0 atom stereocenters. The summed E-state index contributed by atoms with van der Waals surface area (Å²) in [4.78, 5) is 15.7. The van der Waals surface area contributed by atoms with E-state index in [1.807, 2.05) is 0 Å². The van der Waals surface area contributed by atoms with Gasteiger partial charge >= 0.3 is 0 Å². The Morgan fingerprint density at radius 1 is 1.32 bits per heavy atom. The van der Waals surface area contributed by atoms with Crippen LogP contribution in [0.3, 0.4) is 0 Å². The Balaban J connectivity index is 1.95. The highest BCUT2D eigenvalue weighted by molar-refractivity contribution is 5.93. The third-order valence-electron chi connectivity index (χ3n) is 2.62. The van der Waals surface area contributed by atoms with E-state index in [1.165, 1.54) is 0 Å². The summed E-state index contributed by atoms with van der Waals surface area (Å²) in [7, 11) is 0. The van der Waals surface area contributed by atoms with E-state index in [9.17, 15) is 4.79 Å². The molecule has 1 amide bonds. The van der Waals surface area contributed by atoms with Gasteiger partial charge in [0.15, 0.2) is 11.5 Å². The number of unbranched alkanes of at least 4 members (excludes halogenated alkanes) is 1. The first-order valence-corrected chi connectivity index (χ1v) is 6.16. The van der Waals surface area contributed by atoms with Crippen molar-refractivity contribution in [3.8, 4) is 11.3 Å². The molecule has 0 aliphatic rings. The summed E-state index contributed by atoms with van der Waals surface area (Å²) in [6.07, 6.45) is 5.06. The standard InChI is InChI=1S/C13H16N4O2/c14-5-1-2-6-16-13(18)11-9-12(19-17-11)10-3-7-15-8-4-10/h3-4,7-9H,1-2,5-6,14H2,(H,16,18). The van der Waals surface area contributed by atoms with Gasteiger partial charge in [0, 0.05) is 30.6 Å². The molecule has 0 aliphatic carbocycles. The minimum absolute atomic E-state index is 0.235. The van der Waals surface area contributed by atoms with Crippen molar-refractivity contribution in [3.63, 3.8) is 0 Å². The van der Waals surface area contributed by atoms with Crippen LogP contribution in [-0.4, -0.2) is 29.1 Å². The number of nitrogens with zero attached hydrogens (tertiary/aromatic N) is 2. The van der Waals surface area contributed by atoms with Gasteiger partial charge in [-0.2, -0.15) is 0 Å². The van der Waals surface area contributed by atoms with Crippen molar-refractivity contribution in [2.45, 2.75) is 12.8 Å². The first-order chi connectivity index (χ1) is 9.31. The van der Waals surface area contributed by atoms with Crippen LogP contribution in [0, 0.1) is 0 Å². The molecule has 2 heterocycles. The summed E-state index contributed by atoms with van der Waals surface area (Å²) in [5.41, 5.74) is 6.49. The van der Waals surface area contributed by atoms with E-state index >= 15 is 0 Å². The molecule has 6 nitrogen and oxygen atoms in total. The predicted octanol–water partition coefficient (Wildman–Crippen LogP) is 1.21. The Hall–Kier alpha value is -2.21. The lowest BCUT2D eigenvalue weighted by molar-refractivity contribution is 0.0944. The van der Waals surface area contributed by atoms with Crippen molar-refractivity contribution < 1.29 is 9.32 Å². The van der Waals surface area contributed by atoms with Crippen LogP contribution >= 0.6 is 0 Å². The third kappa shape index (κ3) is 3.62. The maximum absolute atomic E-state index is 11.8. The minimum Gasteiger partial charge on any atom is -0.355 e. The van der Waals surface area contributed by atoms with Gasteiger partial charge in [0.25, 0.3) is 5.91 Å². The molecule has 0 spiro atoms. The van der Waals surface area contributed by atoms with Gasteiger partial charge in [-0.1, -0.05) is 5.16 Å². The lowest BCUT2D eigenvalue weighted by Gasteiger charge is -2.00. The second-order valence-corrected chi connectivity index (χ2v) is 4.06. The van der Waals surface area contributed by atoms with Crippen LogP contribution in [0.5, 0.6) is 0 Å². The molecule has 0 bridgehead atoms. The highest BCUT2D eigenvalue weighted by Gasteiger charge is 2.12. The smallest absolute Gasteiger partial charge is 0.273 e. The van der Waals surface area contributed by atoms with Crippen LogP contribution in [0.15, 0.2) is 35.1 Å². The molecular formula is C13H16N4O2. The van der Waals surface area contributed by atoms with Crippen LogP contribution in [0.25, 0.3) is 11.3 Å². The van der Waals surface area contributed by atoms with Crippen LogP contribution < -0.4 is 11.1 Å². The van der Waals surface area contributed by atoms with E-state index in [2.05, 4.69) is 15.5 Å². The topological polar surface area (TPSA) is 94.0 Å². The zero-order valence-corrected chi connectivity index (χ0v) is 10.5. The molecule has 3 N–H and O–H groups in total. The van der Waals surface area contributed by atoms with Crippen molar-refractivity contribution in [2.75, 3.05) is 13.1 Å². The lowest BCUT2D eigenvalue weighted by Crippen LogP contribution is -2.25. The van der Waals surface area contributed by atoms with E-state index < -0.39 is 0 Å². The Kier molecular flexibility index (Phi) is 4.63. The van der Waals surface area contributed by atoms with E-state index in [0.717, 1.165) is 18.4 Å². The van der Waals surface area contributed by atoms with Crippen molar-refractivity contribution in [3.05, 3.63) is 36.3 Å². The normalized spacial score (nSPS) is 10.4. The molecule has 0 fully saturated rings. The molecule has 0 radical (unpaired) electrons. The summed E-state index contributed by atoms with van der Waals surface area (Å²) >= 11 is 0. The Bertz CT molecular complexity index is 524. The summed E-state index contributed by atoms with van der Waals surface area (Å²) < 4.78 is 5.14. The molecule has 6 heteroatoms. The second-order valence-electron chi connectivity index (χ2n) is 4.06. The molecule has 19 heavy (non-hydrogen) atoms. The van der Waals surface area contributed by atoms with Gasteiger partial charge < -0.3 is 15.6 Å². The number of hydrogen-bond donors (Lipinski definition) is 2. The lowest BCUT2D eigenvalue weighted by atomic mass is 10.2. The molecule has 100 valence electrons. The van der Waals surface area contributed by atoms with E-state index in [0.29, 0.717) is 18.8 Å². The minimum atomic E-state index is -0.235. The van der Waals surface area contributed by atoms with Gasteiger partial charge in [-0.05, 0) is 31.5 Å².